The average molecular weight is 411 g/mol. The van der Waals surface area contributed by atoms with Crippen molar-refractivity contribution in [2.24, 2.45) is 46.3 Å². The largest absolute Gasteiger partial charge is 0.481 e. The lowest BCUT2D eigenvalue weighted by atomic mass is 9.43. The van der Waals surface area contributed by atoms with Gasteiger partial charge >= 0.3 is 5.97 Å². The highest BCUT2D eigenvalue weighted by molar-refractivity contribution is 5.66. The van der Waals surface area contributed by atoms with Gasteiger partial charge in [-0.15, -0.1) is 0 Å². The molecule has 0 aromatic carbocycles. The molecule has 0 radical (unpaired) electrons. The molecule has 4 aliphatic rings. The minimum absolute atomic E-state index is 0.128. The van der Waals surface area contributed by atoms with E-state index in [-0.39, 0.29) is 35.2 Å². The van der Waals surface area contributed by atoms with E-state index < -0.39 is 18.2 Å². The molecule has 4 aliphatic carbocycles. The van der Waals surface area contributed by atoms with Crippen LogP contribution >= 0.6 is 0 Å². The molecule has 3 unspecified atom stereocenters. The third-order valence-corrected chi connectivity index (χ3v) is 10.2. The van der Waals surface area contributed by atoms with E-state index in [1.807, 2.05) is 0 Å². The summed E-state index contributed by atoms with van der Waals surface area (Å²) >= 11 is 0. The molecule has 4 nitrogen and oxygen atoms in total. The summed E-state index contributed by atoms with van der Waals surface area (Å²) in [5.41, 5.74) is 0.0173. The first-order valence-electron chi connectivity index (χ1n) is 11.8. The molecule has 0 saturated heterocycles. The average Bonchev–Trinajstić information content (AvgIpc) is 2.99. The summed E-state index contributed by atoms with van der Waals surface area (Å²) in [6.45, 7) is 6.81. The van der Waals surface area contributed by atoms with E-state index in [0.717, 1.165) is 32.1 Å². The number of aliphatic hydroxyl groups is 2. The van der Waals surface area contributed by atoms with Gasteiger partial charge in [0.15, 0.2) is 0 Å². The zero-order chi connectivity index (χ0) is 21.1. The van der Waals surface area contributed by atoms with E-state index in [4.69, 9.17) is 5.11 Å². The second-order valence-electron chi connectivity index (χ2n) is 11.5. The number of fused-ring (bicyclic) bond motifs is 5. The number of carbonyl (C=O) groups is 1. The molecular formula is C24H39FO4. The van der Waals surface area contributed by atoms with Crippen LogP contribution in [0.4, 0.5) is 4.39 Å². The first-order valence-corrected chi connectivity index (χ1v) is 11.8. The molecule has 0 bridgehead atoms. The van der Waals surface area contributed by atoms with Gasteiger partial charge in [0.2, 0.25) is 0 Å². The third-order valence-electron chi connectivity index (χ3n) is 10.2. The van der Waals surface area contributed by atoms with E-state index in [1.54, 1.807) is 0 Å². The Morgan fingerprint density at radius 2 is 1.72 bits per heavy atom. The molecule has 0 aromatic rings. The number of aliphatic carboxylic acids is 1. The van der Waals surface area contributed by atoms with Crippen LogP contribution in [0.25, 0.3) is 0 Å². The van der Waals surface area contributed by atoms with Crippen LogP contribution in [0.3, 0.4) is 0 Å². The number of carboxylic acids is 1. The Morgan fingerprint density at radius 3 is 2.41 bits per heavy atom. The highest BCUT2D eigenvalue weighted by Gasteiger charge is 2.63. The molecule has 0 amide bonds. The smallest absolute Gasteiger partial charge is 0.303 e. The predicted molar refractivity (Wildman–Crippen MR) is 109 cm³/mol. The van der Waals surface area contributed by atoms with Crippen LogP contribution in [-0.4, -0.2) is 39.7 Å². The fraction of sp³-hybridized carbons (Fsp3) is 0.958. The Labute approximate surface area is 174 Å². The number of rotatable bonds is 4. The van der Waals surface area contributed by atoms with Crippen molar-refractivity contribution in [3.63, 3.8) is 0 Å². The van der Waals surface area contributed by atoms with E-state index >= 15 is 0 Å². The lowest BCUT2D eigenvalue weighted by Gasteiger charge is -2.62. The van der Waals surface area contributed by atoms with Gasteiger partial charge in [0, 0.05) is 6.42 Å². The molecule has 3 N–H and O–H groups in total. The second kappa shape index (κ2) is 7.47. The van der Waals surface area contributed by atoms with Gasteiger partial charge in [0.25, 0.3) is 0 Å². The summed E-state index contributed by atoms with van der Waals surface area (Å²) in [5.74, 6) is 1.35. The van der Waals surface area contributed by atoms with Crippen LogP contribution in [0.5, 0.6) is 0 Å². The molecule has 11 atom stereocenters. The molecule has 0 aromatic heterocycles. The molecule has 0 spiro atoms. The summed E-state index contributed by atoms with van der Waals surface area (Å²) in [6, 6.07) is 0. The summed E-state index contributed by atoms with van der Waals surface area (Å²) in [4.78, 5) is 11.0. The topological polar surface area (TPSA) is 77.8 Å². The highest BCUT2D eigenvalue weighted by atomic mass is 19.1. The van der Waals surface area contributed by atoms with Crippen molar-refractivity contribution in [2.45, 2.75) is 96.9 Å². The number of hydrogen-bond donors (Lipinski definition) is 3. The maximum absolute atomic E-state index is 14.5. The molecular weight excluding hydrogens is 371 g/mol. The first-order chi connectivity index (χ1) is 13.6. The third kappa shape index (κ3) is 3.35. The van der Waals surface area contributed by atoms with E-state index in [9.17, 15) is 19.4 Å². The normalized spacial score (nSPS) is 52.9. The van der Waals surface area contributed by atoms with Crippen molar-refractivity contribution in [3.8, 4) is 0 Å². The van der Waals surface area contributed by atoms with Gasteiger partial charge in [-0.25, -0.2) is 4.39 Å². The molecule has 5 heteroatoms. The van der Waals surface area contributed by atoms with Crippen molar-refractivity contribution in [3.05, 3.63) is 0 Å². The summed E-state index contributed by atoms with van der Waals surface area (Å²) in [7, 11) is 0. The molecule has 0 heterocycles. The minimum atomic E-state index is -1.15. The number of halogens is 1. The monoisotopic (exact) mass is 410 g/mol. The Morgan fingerprint density at radius 1 is 1.07 bits per heavy atom. The first kappa shape index (κ1) is 21.5. The Kier molecular flexibility index (Phi) is 5.55. The van der Waals surface area contributed by atoms with Gasteiger partial charge in [-0.2, -0.15) is 0 Å². The number of hydrogen-bond acceptors (Lipinski definition) is 3. The van der Waals surface area contributed by atoms with Crippen molar-refractivity contribution in [1.29, 1.82) is 0 Å². The van der Waals surface area contributed by atoms with E-state index in [1.165, 1.54) is 0 Å². The Hall–Kier alpha value is -0.680. The molecule has 0 aliphatic heterocycles. The maximum atomic E-state index is 14.5. The fourth-order valence-corrected chi connectivity index (χ4v) is 8.73. The number of aliphatic hydroxyl groups excluding tert-OH is 2. The lowest BCUT2D eigenvalue weighted by molar-refractivity contribution is -0.186. The van der Waals surface area contributed by atoms with Crippen LogP contribution in [0.15, 0.2) is 0 Å². The van der Waals surface area contributed by atoms with Crippen LogP contribution in [0, 0.1) is 46.3 Å². The quantitative estimate of drug-likeness (QED) is 0.641. The van der Waals surface area contributed by atoms with Crippen molar-refractivity contribution >= 4 is 5.97 Å². The van der Waals surface area contributed by atoms with Crippen LogP contribution < -0.4 is 0 Å². The molecule has 166 valence electrons. The van der Waals surface area contributed by atoms with Crippen molar-refractivity contribution in [1.82, 2.24) is 0 Å². The van der Waals surface area contributed by atoms with Crippen molar-refractivity contribution < 1.29 is 24.5 Å². The van der Waals surface area contributed by atoms with E-state index in [2.05, 4.69) is 20.8 Å². The zero-order valence-corrected chi connectivity index (χ0v) is 18.2. The van der Waals surface area contributed by atoms with Gasteiger partial charge in [-0.05, 0) is 97.7 Å². The number of alkyl halides is 1. The second-order valence-corrected chi connectivity index (χ2v) is 11.5. The standard InChI is InChI=1S/C24H39FO4/c1-13(4-7-21(28)29)15-5-6-16-22-17(8-9-23(15,16)2)24(3)12-18(25)19(26)10-14(24)11-20(22)27/h13-20,22,26-27H,4-12H2,1-3H3,(H,28,29)/t13-,14+,15-,16?,17?,18-,19+,20+,22?,23-,24+/m1/s1. The number of carboxylic acid groups (broad SMARTS) is 1. The highest BCUT2D eigenvalue weighted by Crippen LogP contribution is 2.68. The van der Waals surface area contributed by atoms with Gasteiger partial charge < -0.3 is 15.3 Å². The van der Waals surface area contributed by atoms with Gasteiger partial charge in [0.1, 0.15) is 6.17 Å². The maximum Gasteiger partial charge on any atom is 0.303 e. The molecule has 29 heavy (non-hydrogen) atoms. The van der Waals surface area contributed by atoms with Crippen LogP contribution in [0.1, 0.15) is 78.6 Å². The minimum Gasteiger partial charge on any atom is -0.481 e. The summed E-state index contributed by atoms with van der Waals surface area (Å²) in [6.07, 6.45) is 4.48. The molecule has 4 fully saturated rings. The molecule has 4 saturated carbocycles. The van der Waals surface area contributed by atoms with E-state index in [0.29, 0.717) is 42.9 Å². The van der Waals surface area contributed by atoms with Crippen LogP contribution in [-0.2, 0) is 4.79 Å². The van der Waals surface area contributed by atoms with Gasteiger partial charge in [-0.1, -0.05) is 20.8 Å². The molecule has 4 rings (SSSR count). The predicted octanol–water partition coefficient (Wildman–Crippen LogP) is 4.43. The van der Waals surface area contributed by atoms with Crippen LogP contribution in [0.2, 0.25) is 0 Å². The summed E-state index contributed by atoms with van der Waals surface area (Å²) < 4.78 is 14.5. The Bertz CT molecular complexity index is 640. The fourth-order valence-electron chi connectivity index (χ4n) is 8.73. The lowest BCUT2D eigenvalue weighted by Crippen LogP contribution is -2.60. The van der Waals surface area contributed by atoms with Gasteiger partial charge in [-0.3, -0.25) is 4.79 Å². The summed E-state index contributed by atoms with van der Waals surface area (Å²) in [5, 5.41) is 30.4. The SMILES string of the molecule is C[C@H](CCC(=O)O)[C@H]1CCC2C3C(CC[C@@]21C)[C@@]1(C)C[C@@H](F)[C@@H](O)C[C@H]1C[C@@H]3O. The zero-order valence-electron chi connectivity index (χ0n) is 18.2. The van der Waals surface area contributed by atoms with Crippen molar-refractivity contribution in [2.75, 3.05) is 0 Å². The van der Waals surface area contributed by atoms with Gasteiger partial charge in [0.05, 0.1) is 12.2 Å². The Balaban J connectivity index is 1.57.